The van der Waals surface area contributed by atoms with Crippen molar-refractivity contribution in [3.63, 3.8) is 0 Å². The van der Waals surface area contributed by atoms with Crippen LogP contribution in [0.15, 0.2) is 27.0 Å². The summed E-state index contributed by atoms with van der Waals surface area (Å²) in [4.78, 5) is 77.9. The number of hydrogen-bond donors (Lipinski definition) is 2. The van der Waals surface area contributed by atoms with Gasteiger partial charge in [-0.15, -0.1) is 6.58 Å². The molecule has 1 fully saturated rings. The number of carbonyl (C=O) groups excluding carboxylic acids is 3. The molecule has 13 nitrogen and oxygen atoms in total. The molecule has 1 aliphatic rings. The monoisotopic (exact) mass is 467 g/mol. The molecule has 2 N–H and O–H groups in total. The van der Waals surface area contributed by atoms with Crippen molar-refractivity contribution >= 4 is 17.8 Å². The third-order valence-corrected chi connectivity index (χ3v) is 5.83. The van der Waals surface area contributed by atoms with Crippen molar-refractivity contribution in [2.75, 3.05) is 7.05 Å². The molecule has 13 heteroatoms. The Morgan fingerprint density at radius 3 is 1.82 bits per heavy atom. The number of aliphatic hydroxyl groups is 2. The number of allylic oxidation sites excluding steroid dienone is 1. The second-order valence-electron chi connectivity index (χ2n) is 7.91. The molecule has 182 valence electrons. The van der Waals surface area contributed by atoms with E-state index in [0.29, 0.717) is 23.5 Å². The predicted octanol–water partition coefficient (Wildman–Crippen LogP) is -1.72. The first-order valence-electron chi connectivity index (χ1n) is 10.5. The molecule has 0 saturated carbocycles. The van der Waals surface area contributed by atoms with Gasteiger partial charge in [-0.2, -0.15) is 0 Å². The van der Waals surface area contributed by atoms with Gasteiger partial charge in [0.2, 0.25) is 11.8 Å². The number of aromatic nitrogens is 3. The molecule has 0 aliphatic carbocycles. The fraction of sp³-hybridized carbons (Fsp3) is 0.600. The number of nitrogens with zero attached hydrogens (tertiary/aromatic N) is 5. The molecule has 2 rings (SSSR count). The first-order chi connectivity index (χ1) is 15.4. The highest BCUT2D eigenvalue weighted by Gasteiger charge is 2.55. The Labute approximate surface area is 188 Å². The largest absolute Gasteiger partial charge is 0.392 e. The zero-order valence-corrected chi connectivity index (χ0v) is 19.1. The standard InChI is InChI=1S/C20H29N5O8/c1-6-9-22-17(31)23(10-12(4)26)19(33)24(18(22)32)11-13(27)25-15(29)20(7-2,8-3)14(28)21(5)16(25)30/h6,12-13,26-27H,1,7-11H2,2-5H3. The molecule has 0 aromatic carbocycles. The molecule has 2 atom stereocenters. The zero-order chi connectivity index (χ0) is 25.2. The molecule has 0 spiro atoms. The van der Waals surface area contributed by atoms with E-state index >= 15 is 0 Å². The maximum absolute atomic E-state index is 13.1. The molecule has 0 radical (unpaired) electrons. The number of carbonyl (C=O) groups is 3. The molecule has 1 aliphatic heterocycles. The van der Waals surface area contributed by atoms with Gasteiger partial charge in [0.05, 0.1) is 25.7 Å². The van der Waals surface area contributed by atoms with Gasteiger partial charge in [-0.3, -0.25) is 14.5 Å². The third kappa shape index (κ3) is 4.20. The van der Waals surface area contributed by atoms with Crippen molar-refractivity contribution in [3.05, 3.63) is 44.1 Å². The van der Waals surface area contributed by atoms with Crippen LogP contribution in [0.2, 0.25) is 0 Å². The van der Waals surface area contributed by atoms with Crippen LogP contribution < -0.4 is 17.1 Å². The van der Waals surface area contributed by atoms with Crippen LogP contribution in [0.25, 0.3) is 0 Å². The topological polar surface area (TPSA) is 164 Å². The molecule has 2 heterocycles. The first-order valence-corrected chi connectivity index (χ1v) is 10.5. The summed E-state index contributed by atoms with van der Waals surface area (Å²) in [7, 11) is 1.17. The number of amides is 4. The summed E-state index contributed by atoms with van der Waals surface area (Å²) in [6.07, 6.45) is -1.72. The van der Waals surface area contributed by atoms with Gasteiger partial charge < -0.3 is 10.2 Å². The van der Waals surface area contributed by atoms with E-state index < -0.39 is 65.8 Å². The van der Waals surface area contributed by atoms with Gasteiger partial charge >= 0.3 is 23.1 Å². The summed E-state index contributed by atoms with van der Waals surface area (Å²) in [5.41, 5.74) is -4.79. The van der Waals surface area contributed by atoms with Gasteiger partial charge in [0.15, 0.2) is 6.23 Å². The van der Waals surface area contributed by atoms with Crippen molar-refractivity contribution in [2.45, 2.75) is 65.6 Å². The van der Waals surface area contributed by atoms with Gasteiger partial charge in [0.25, 0.3) is 0 Å². The second kappa shape index (κ2) is 9.67. The van der Waals surface area contributed by atoms with Crippen LogP contribution in [0, 0.1) is 5.41 Å². The SMILES string of the molecule is C=CCn1c(=O)n(CC(C)O)c(=O)n(CC(O)N2C(=O)N(C)C(=O)C(CC)(CC)C2=O)c1=O. The van der Waals surface area contributed by atoms with Gasteiger partial charge in [-0.05, 0) is 19.8 Å². The minimum absolute atomic E-state index is 0.0629. The van der Waals surface area contributed by atoms with E-state index in [9.17, 15) is 39.0 Å². The van der Waals surface area contributed by atoms with Gasteiger partial charge in [0.1, 0.15) is 5.41 Å². The number of barbiturate groups is 1. The summed E-state index contributed by atoms with van der Waals surface area (Å²) in [6, 6.07) is -1.10. The predicted molar refractivity (Wildman–Crippen MR) is 115 cm³/mol. The minimum Gasteiger partial charge on any atom is -0.392 e. The van der Waals surface area contributed by atoms with Crippen molar-refractivity contribution in [2.24, 2.45) is 5.41 Å². The maximum Gasteiger partial charge on any atom is 0.336 e. The summed E-state index contributed by atoms with van der Waals surface area (Å²) < 4.78 is 1.77. The van der Waals surface area contributed by atoms with Crippen LogP contribution >= 0.6 is 0 Å². The van der Waals surface area contributed by atoms with Crippen LogP contribution in [-0.4, -0.2) is 70.9 Å². The number of hydrogen-bond acceptors (Lipinski definition) is 8. The quantitative estimate of drug-likeness (QED) is 0.320. The summed E-state index contributed by atoms with van der Waals surface area (Å²) in [5, 5.41) is 20.4. The molecule has 1 aromatic heterocycles. The lowest BCUT2D eigenvalue weighted by Crippen LogP contribution is -2.67. The molecule has 1 saturated heterocycles. The van der Waals surface area contributed by atoms with Crippen molar-refractivity contribution in [1.82, 2.24) is 23.5 Å². The van der Waals surface area contributed by atoms with E-state index in [0.717, 1.165) is 0 Å². The smallest absolute Gasteiger partial charge is 0.336 e. The van der Waals surface area contributed by atoms with Crippen molar-refractivity contribution < 1.29 is 24.6 Å². The van der Waals surface area contributed by atoms with Crippen LogP contribution in [-0.2, 0) is 29.2 Å². The normalized spacial score (nSPS) is 17.9. The highest BCUT2D eigenvalue weighted by Crippen LogP contribution is 2.36. The molecule has 33 heavy (non-hydrogen) atoms. The number of urea groups is 1. The van der Waals surface area contributed by atoms with E-state index in [1.165, 1.54) is 20.0 Å². The Balaban J connectivity index is 2.62. The van der Waals surface area contributed by atoms with Crippen molar-refractivity contribution in [3.8, 4) is 0 Å². The lowest BCUT2D eigenvalue weighted by molar-refractivity contribution is -0.165. The van der Waals surface area contributed by atoms with E-state index in [2.05, 4.69) is 6.58 Å². The van der Waals surface area contributed by atoms with E-state index in [1.54, 1.807) is 13.8 Å². The van der Waals surface area contributed by atoms with Gasteiger partial charge in [-0.25, -0.2) is 37.8 Å². The fourth-order valence-corrected chi connectivity index (χ4v) is 3.89. The Bertz CT molecular complexity index is 1140. The highest BCUT2D eigenvalue weighted by molar-refractivity contribution is 6.18. The summed E-state index contributed by atoms with van der Waals surface area (Å²) in [6.45, 7) is 6.44. The molecular formula is C20H29N5O8. The van der Waals surface area contributed by atoms with Crippen LogP contribution in [0.4, 0.5) is 4.79 Å². The van der Waals surface area contributed by atoms with E-state index in [4.69, 9.17) is 0 Å². The Morgan fingerprint density at radius 1 is 0.879 bits per heavy atom. The molecule has 2 unspecified atom stereocenters. The molecule has 4 amide bonds. The maximum atomic E-state index is 13.1. The minimum atomic E-state index is -1.99. The van der Waals surface area contributed by atoms with E-state index in [-0.39, 0.29) is 19.4 Å². The first kappa shape index (κ1) is 25.9. The Hall–Kier alpha value is -3.32. The number of aliphatic hydroxyl groups excluding tert-OH is 2. The zero-order valence-electron chi connectivity index (χ0n) is 19.1. The highest BCUT2D eigenvalue weighted by atomic mass is 16.3. The van der Waals surface area contributed by atoms with Crippen LogP contribution in [0.1, 0.15) is 33.6 Å². The average Bonchev–Trinajstić information content (AvgIpc) is 2.77. The van der Waals surface area contributed by atoms with E-state index in [1.807, 2.05) is 0 Å². The van der Waals surface area contributed by atoms with Crippen molar-refractivity contribution in [1.29, 1.82) is 0 Å². The molecule has 1 aromatic rings. The average molecular weight is 467 g/mol. The Morgan fingerprint density at radius 2 is 1.36 bits per heavy atom. The lowest BCUT2D eigenvalue weighted by Gasteiger charge is -2.43. The second-order valence-corrected chi connectivity index (χ2v) is 7.91. The molecule has 0 bridgehead atoms. The van der Waals surface area contributed by atoms with Gasteiger partial charge in [0, 0.05) is 7.05 Å². The van der Waals surface area contributed by atoms with Crippen LogP contribution in [0.3, 0.4) is 0 Å². The lowest BCUT2D eigenvalue weighted by atomic mass is 9.78. The summed E-state index contributed by atoms with van der Waals surface area (Å²) >= 11 is 0. The number of rotatable bonds is 9. The molecular weight excluding hydrogens is 438 g/mol. The third-order valence-electron chi connectivity index (χ3n) is 5.83. The van der Waals surface area contributed by atoms with Gasteiger partial charge in [-0.1, -0.05) is 19.9 Å². The van der Waals surface area contributed by atoms with Crippen LogP contribution in [0.5, 0.6) is 0 Å². The number of imide groups is 2. The fourth-order valence-electron chi connectivity index (χ4n) is 3.89. The Kier molecular flexibility index (Phi) is 7.60. The summed E-state index contributed by atoms with van der Waals surface area (Å²) in [5.74, 6) is -1.65.